The summed E-state index contributed by atoms with van der Waals surface area (Å²) in [6.07, 6.45) is 1.01. The number of hydrogen-bond donors (Lipinski definition) is 2. The number of nitrogens with two attached hydrogens (primary N) is 1. The highest BCUT2D eigenvalue weighted by Crippen LogP contribution is 2.20. The third-order valence-electron chi connectivity index (χ3n) is 3.84. The smallest absolute Gasteiger partial charge is 0.276 e. The van der Waals surface area contributed by atoms with Crippen LogP contribution in [0.25, 0.3) is 0 Å². The van der Waals surface area contributed by atoms with Crippen LogP contribution in [0.4, 0.5) is 0 Å². The van der Waals surface area contributed by atoms with Crippen molar-refractivity contribution in [3.63, 3.8) is 0 Å². The molecule has 1 fully saturated rings. The van der Waals surface area contributed by atoms with Crippen LogP contribution in [0.15, 0.2) is 30.3 Å². The number of benzene rings is 1. The summed E-state index contributed by atoms with van der Waals surface area (Å²) in [5, 5.41) is 8.07. The van der Waals surface area contributed by atoms with E-state index in [-0.39, 0.29) is 17.9 Å². The van der Waals surface area contributed by atoms with Crippen molar-refractivity contribution < 1.29 is 13.2 Å². The normalized spacial score (nSPS) is 19.1. The van der Waals surface area contributed by atoms with E-state index in [1.165, 1.54) is 4.31 Å². The SMILES string of the molecule is CC(NC(=O)C1CCN(S(N)(=O)=O)CC1)c1ccccc1. The van der Waals surface area contributed by atoms with Gasteiger partial charge < -0.3 is 5.32 Å². The van der Waals surface area contributed by atoms with Crippen molar-refractivity contribution in [3.05, 3.63) is 35.9 Å². The van der Waals surface area contributed by atoms with Gasteiger partial charge in [0.25, 0.3) is 10.2 Å². The summed E-state index contributed by atoms with van der Waals surface area (Å²) < 4.78 is 23.7. The molecule has 1 unspecified atom stereocenters. The predicted octanol–water partition coefficient (Wildman–Crippen LogP) is 0.779. The maximum atomic E-state index is 12.2. The van der Waals surface area contributed by atoms with E-state index in [0.29, 0.717) is 25.9 Å². The van der Waals surface area contributed by atoms with Gasteiger partial charge in [-0.15, -0.1) is 0 Å². The highest BCUT2D eigenvalue weighted by atomic mass is 32.2. The highest BCUT2D eigenvalue weighted by Gasteiger charge is 2.29. The summed E-state index contributed by atoms with van der Waals surface area (Å²) in [6.45, 7) is 2.54. The highest BCUT2D eigenvalue weighted by molar-refractivity contribution is 7.86. The molecule has 3 N–H and O–H groups in total. The van der Waals surface area contributed by atoms with E-state index < -0.39 is 10.2 Å². The van der Waals surface area contributed by atoms with E-state index in [1.807, 2.05) is 37.3 Å². The molecule has 6 nitrogen and oxygen atoms in total. The van der Waals surface area contributed by atoms with Crippen LogP contribution in [0.2, 0.25) is 0 Å². The Labute approximate surface area is 125 Å². The Balaban J connectivity index is 1.88. The third kappa shape index (κ3) is 4.26. The van der Waals surface area contributed by atoms with E-state index in [0.717, 1.165) is 5.56 Å². The number of amides is 1. The molecule has 7 heteroatoms. The quantitative estimate of drug-likeness (QED) is 0.860. The van der Waals surface area contributed by atoms with Gasteiger partial charge in [0.15, 0.2) is 0 Å². The molecule has 0 saturated carbocycles. The van der Waals surface area contributed by atoms with Crippen LogP contribution in [0.3, 0.4) is 0 Å². The summed E-state index contributed by atoms with van der Waals surface area (Å²) in [6, 6.07) is 9.67. The standard InChI is InChI=1S/C14H21N3O3S/c1-11(12-5-3-2-4-6-12)16-14(18)13-7-9-17(10-8-13)21(15,19)20/h2-6,11,13H,7-10H2,1H3,(H,16,18)(H2,15,19,20). The summed E-state index contributed by atoms with van der Waals surface area (Å²) in [4.78, 5) is 12.2. The van der Waals surface area contributed by atoms with Crippen molar-refractivity contribution in [3.8, 4) is 0 Å². The molecule has 2 rings (SSSR count). The first kappa shape index (κ1) is 15.9. The minimum absolute atomic E-state index is 0.0274. The van der Waals surface area contributed by atoms with Crippen LogP contribution in [-0.2, 0) is 15.0 Å². The number of hydrogen-bond acceptors (Lipinski definition) is 3. The van der Waals surface area contributed by atoms with Gasteiger partial charge in [-0.1, -0.05) is 30.3 Å². The lowest BCUT2D eigenvalue weighted by molar-refractivity contribution is -0.126. The molecule has 0 aliphatic carbocycles. The zero-order chi connectivity index (χ0) is 15.5. The molecule has 1 atom stereocenters. The maximum absolute atomic E-state index is 12.2. The molecule has 1 heterocycles. The molecule has 0 spiro atoms. The summed E-state index contributed by atoms with van der Waals surface area (Å²) >= 11 is 0. The Hall–Kier alpha value is -1.44. The van der Waals surface area contributed by atoms with E-state index in [9.17, 15) is 13.2 Å². The molecule has 0 aromatic heterocycles. The summed E-state index contributed by atoms with van der Waals surface area (Å²) in [7, 11) is -3.64. The lowest BCUT2D eigenvalue weighted by atomic mass is 9.96. The van der Waals surface area contributed by atoms with Gasteiger partial charge in [0.05, 0.1) is 6.04 Å². The molecular formula is C14H21N3O3S. The first-order chi connectivity index (χ1) is 9.88. The molecule has 1 amide bonds. The van der Waals surface area contributed by atoms with Crippen LogP contribution in [0, 0.1) is 5.92 Å². The van der Waals surface area contributed by atoms with Crippen molar-refractivity contribution >= 4 is 16.1 Å². The third-order valence-corrected chi connectivity index (χ3v) is 4.93. The van der Waals surface area contributed by atoms with Crippen LogP contribution < -0.4 is 10.5 Å². The first-order valence-corrected chi connectivity index (χ1v) is 8.51. The van der Waals surface area contributed by atoms with Gasteiger partial charge in [-0.05, 0) is 25.3 Å². The molecule has 1 aromatic carbocycles. The zero-order valence-electron chi connectivity index (χ0n) is 12.0. The van der Waals surface area contributed by atoms with Crippen LogP contribution >= 0.6 is 0 Å². The van der Waals surface area contributed by atoms with Crippen molar-refractivity contribution in [2.24, 2.45) is 11.1 Å². The molecule has 116 valence electrons. The molecule has 1 aliphatic heterocycles. The van der Waals surface area contributed by atoms with Gasteiger partial charge in [0, 0.05) is 19.0 Å². The molecule has 1 aliphatic rings. The fourth-order valence-corrected chi connectivity index (χ4v) is 3.25. The van der Waals surface area contributed by atoms with Crippen molar-refractivity contribution in [1.82, 2.24) is 9.62 Å². The Bertz CT molecular complexity index is 581. The Morgan fingerprint density at radius 2 is 1.86 bits per heavy atom. The second kappa shape index (κ2) is 6.55. The monoisotopic (exact) mass is 311 g/mol. The van der Waals surface area contributed by atoms with Crippen LogP contribution in [-0.4, -0.2) is 31.7 Å². The fourth-order valence-electron chi connectivity index (χ4n) is 2.53. The van der Waals surface area contributed by atoms with Gasteiger partial charge in [0.1, 0.15) is 0 Å². The van der Waals surface area contributed by atoms with Gasteiger partial charge in [-0.2, -0.15) is 12.7 Å². The Morgan fingerprint density at radius 1 is 1.29 bits per heavy atom. The van der Waals surface area contributed by atoms with E-state index in [1.54, 1.807) is 0 Å². The van der Waals surface area contributed by atoms with Gasteiger partial charge >= 0.3 is 0 Å². The fraction of sp³-hybridized carbons (Fsp3) is 0.500. The number of carbonyl (C=O) groups is 1. The summed E-state index contributed by atoms with van der Waals surface area (Å²) in [5.74, 6) is -0.186. The lowest BCUT2D eigenvalue weighted by Crippen LogP contribution is -2.45. The van der Waals surface area contributed by atoms with Crippen LogP contribution in [0.1, 0.15) is 31.4 Å². The number of nitrogens with zero attached hydrogens (tertiary/aromatic N) is 1. The maximum Gasteiger partial charge on any atom is 0.276 e. The molecule has 21 heavy (non-hydrogen) atoms. The van der Waals surface area contributed by atoms with Crippen molar-refractivity contribution in [1.29, 1.82) is 0 Å². The lowest BCUT2D eigenvalue weighted by Gasteiger charge is -2.29. The number of nitrogens with one attached hydrogen (secondary N) is 1. The van der Waals surface area contributed by atoms with E-state index >= 15 is 0 Å². The van der Waals surface area contributed by atoms with Crippen molar-refractivity contribution in [2.45, 2.75) is 25.8 Å². The average molecular weight is 311 g/mol. The minimum Gasteiger partial charge on any atom is -0.349 e. The molecule has 1 aromatic rings. The van der Waals surface area contributed by atoms with Crippen molar-refractivity contribution in [2.75, 3.05) is 13.1 Å². The average Bonchev–Trinajstić information content (AvgIpc) is 2.47. The minimum atomic E-state index is -3.64. The predicted molar refractivity (Wildman–Crippen MR) is 80.4 cm³/mol. The number of rotatable bonds is 4. The van der Waals surface area contributed by atoms with E-state index in [2.05, 4.69) is 5.32 Å². The largest absolute Gasteiger partial charge is 0.349 e. The Kier molecular flexibility index (Phi) is 4.97. The first-order valence-electron chi connectivity index (χ1n) is 7.01. The van der Waals surface area contributed by atoms with Gasteiger partial charge in [0.2, 0.25) is 5.91 Å². The number of piperidine rings is 1. The Morgan fingerprint density at radius 3 is 2.38 bits per heavy atom. The van der Waals surface area contributed by atoms with E-state index in [4.69, 9.17) is 5.14 Å². The molecule has 0 radical (unpaired) electrons. The second-order valence-corrected chi connectivity index (χ2v) is 6.91. The molecule has 0 bridgehead atoms. The summed E-state index contributed by atoms with van der Waals surface area (Å²) in [5.41, 5.74) is 1.05. The topological polar surface area (TPSA) is 92.5 Å². The molecular weight excluding hydrogens is 290 g/mol. The molecule has 1 saturated heterocycles. The second-order valence-electron chi connectivity index (χ2n) is 5.36. The van der Waals surface area contributed by atoms with Gasteiger partial charge in [-0.3, -0.25) is 4.79 Å². The van der Waals surface area contributed by atoms with Gasteiger partial charge in [-0.25, -0.2) is 5.14 Å². The number of carbonyl (C=O) groups excluding carboxylic acids is 1. The zero-order valence-corrected chi connectivity index (χ0v) is 12.8. The van der Waals surface area contributed by atoms with Crippen LogP contribution in [0.5, 0.6) is 0 Å².